The third-order valence-electron chi connectivity index (χ3n) is 2.78. The average Bonchev–Trinajstić information content (AvgIpc) is 2.38. The Morgan fingerprint density at radius 3 is 2.60 bits per heavy atom. The van der Waals surface area contributed by atoms with Gasteiger partial charge < -0.3 is 10.1 Å². The number of halogens is 2. The fourth-order valence-electron chi connectivity index (χ4n) is 1.75. The predicted octanol–water partition coefficient (Wildman–Crippen LogP) is 4.67. The van der Waals surface area contributed by atoms with Crippen molar-refractivity contribution in [3.8, 4) is 5.75 Å². The summed E-state index contributed by atoms with van der Waals surface area (Å²) in [5, 5.41) is 3.25. The lowest BCUT2D eigenvalue weighted by Crippen LogP contribution is -2.12. The molecule has 0 aliphatic carbocycles. The molecule has 0 saturated heterocycles. The highest BCUT2D eigenvalue weighted by atomic mass is 79.9. The largest absolute Gasteiger partial charge is 0.495 e. The number of amides is 1. The van der Waals surface area contributed by atoms with Gasteiger partial charge in [0.1, 0.15) is 5.75 Å². The van der Waals surface area contributed by atoms with Crippen LogP contribution >= 0.6 is 27.5 Å². The third kappa shape index (κ3) is 3.32. The SMILES string of the molecule is COc1ccc(NC(=O)c2ccc(C)cc2Br)cc1Cl. The number of aryl methyl sites for hydroxylation is 1. The summed E-state index contributed by atoms with van der Waals surface area (Å²) in [5.74, 6) is 0.374. The van der Waals surface area contributed by atoms with E-state index < -0.39 is 0 Å². The van der Waals surface area contributed by atoms with Gasteiger partial charge in [0.25, 0.3) is 5.91 Å². The molecule has 0 fully saturated rings. The molecule has 0 radical (unpaired) electrons. The highest BCUT2D eigenvalue weighted by molar-refractivity contribution is 9.10. The molecule has 2 aromatic rings. The monoisotopic (exact) mass is 353 g/mol. The Labute approximate surface area is 131 Å². The maximum atomic E-state index is 12.2. The van der Waals surface area contributed by atoms with Crippen LogP contribution in [-0.2, 0) is 0 Å². The van der Waals surface area contributed by atoms with E-state index in [9.17, 15) is 4.79 Å². The number of rotatable bonds is 3. The van der Waals surface area contributed by atoms with Crippen molar-refractivity contribution < 1.29 is 9.53 Å². The van der Waals surface area contributed by atoms with Gasteiger partial charge in [0.05, 0.1) is 17.7 Å². The van der Waals surface area contributed by atoms with Gasteiger partial charge >= 0.3 is 0 Å². The van der Waals surface area contributed by atoms with Crippen LogP contribution in [0, 0.1) is 6.92 Å². The second-order valence-electron chi connectivity index (χ2n) is 4.29. The van der Waals surface area contributed by atoms with E-state index in [0.29, 0.717) is 22.0 Å². The molecule has 0 aromatic heterocycles. The van der Waals surface area contributed by atoms with Crippen molar-refractivity contribution >= 4 is 39.1 Å². The minimum atomic E-state index is -0.196. The van der Waals surface area contributed by atoms with Gasteiger partial charge in [-0.25, -0.2) is 0 Å². The molecular formula is C15H13BrClNO2. The lowest BCUT2D eigenvalue weighted by atomic mass is 10.1. The first-order chi connectivity index (χ1) is 9.51. The van der Waals surface area contributed by atoms with Crippen LogP contribution in [-0.4, -0.2) is 13.0 Å². The average molecular weight is 355 g/mol. The second-order valence-corrected chi connectivity index (χ2v) is 5.55. The summed E-state index contributed by atoms with van der Waals surface area (Å²) in [6.07, 6.45) is 0. The highest BCUT2D eigenvalue weighted by Crippen LogP contribution is 2.28. The lowest BCUT2D eigenvalue weighted by molar-refractivity contribution is 0.102. The Balaban J connectivity index is 2.21. The normalized spacial score (nSPS) is 10.2. The molecule has 0 bridgehead atoms. The van der Waals surface area contributed by atoms with Crippen LogP contribution in [0.4, 0.5) is 5.69 Å². The standard InChI is InChI=1S/C15H13BrClNO2/c1-9-3-5-11(12(16)7-9)15(19)18-10-4-6-14(20-2)13(17)8-10/h3-8H,1-2H3,(H,18,19). The van der Waals surface area contributed by atoms with Crippen molar-refractivity contribution in [2.24, 2.45) is 0 Å². The van der Waals surface area contributed by atoms with Crippen LogP contribution in [0.2, 0.25) is 5.02 Å². The van der Waals surface area contributed by atoms with Crippen molar-refractivity contribution in [2.75, 3.05) is 12.4 Å². The quantitative estimate of drug-likeness (QED) is 0.869. The zero-order valence-corrected chi connectivity index (χ0v) is 13.4. The van der Waals surface area contributed by atoms with Gasteiger partial charge in [0.2, 0.25) is 0 Å². The van der Waals surface area contributed by atoms with Crippen molar-refractivity contribution in [3.05, 3.63) is 57.0 Å². The summed E-state index contributed by atoms with van der Waals surface area (Å²) in [5.41, 5.74) is 2.27. The van der Waals surface area contributed by atoms with Crippen molar-refractivity contribution in [1.29, 1.82) is 0 Å². The molecule has 3 nitrogen and oxygen atoms in total. The molecule has 20 heavy (non-hydrogen) atoms. The molecule has 2 rings (SSSR count). The number of hydrogen-bond acceptors (Lipinski definition) is 2. The summed E-state index contributed by atoms with van der Waals surface area (Å²) >= 11 is 9.42. The molecule has 1 amide bonds. The Morgan fingerprint density at radius 2 is 2.00 bits per heavy atom. The zero-order valence-electron chi connectivity index (χ0n) is 11.0. The van der Waals surface area contributed by atoms with Crippen LogP contribution in [0.25, 0.3) is 0 Å². The number of anilines is 1. The number of hydrogen-bond donors (Lipinski definition) is 1. The first kappa shape index (κ1) is 14.9. The fourth-order valence-corrected chi connectivity index (χ4v) is 2.68. The second kappa shape index (κ2) is 6.29. The van der Waals surface area contributed by atoms with Crippen molar-refractivity contribution in [3.63, 3.8) is 0 Å². The molecule has 0 heterocycles. The van der Waals surface area contributed by atoms with E-state index in [-0.39, 0.29) is 5.91 Å². The number of methoxy groups -OCH3 is 1. The van der Waals surface area contributed by atoms with E-state index in [1.807, 2.05) is 19.1 Å². The molecule has 5 heteroatoms. The minimum absolute atomic E-state index is 0.196. The Morgan fingerprint density at radius 1 is 1.25 bits per heavy atom. The zero-order chi connectivity index (χ0) is 14.7. The first-order valence-corrected chi connectivity index (χ1v) is 7.09. The summed E-state index contributed by atoms with van der Waals surface area (Å²) in [6.45, 7) is 1.97. The summed E-state index contributed by atoms with van der Waals surface area (Å²) in [6, 6.07) is 10.7. The number of carbonyl (C=O) groups is 1. The summed E-state index contributed by atoms with van der Waals surface area (Å²) < 4.78 is 5.83. The van der Waals surface area contributed by atoms with E-state index >= 15 is 0 Å². The van der Waals surface area contributed by atoms with E-state index in [1.165, 1.54) is 0 Å². The number of nitrogens with one attached hydrogen (secondary N) is 1. The highest BCUT2D eigenvalue weighted by Gasteiger charge is 2.11. The van der Waals surface area contributed by atoms with Crippen LogP contribution in [0.15, 0.2) is 40.9 Å². The van der Waals surface area contributed by atoms with Crippen molar-refractivity contribution in [1.82, 2.24) is 0 Å². The molecule has 104 valence electrons. The van der Waals surface area contributed by atoms with Gasteiger partial charge in [0.15, 0.2) is 0 Å². The number of carbonyl (C=O) groups excluding carboxylic acids is 1. The Bertz CT molecular complexity index is 658. The fraction of sp³-hybridized carbons (Fsp3) is 0.133. The van der Waals surface area contributed by atoms with Crippen LogP contribution in [0.5, 0.6) is 5.75 Å². The van der Waals surface area contributed by atoms with E-state index in [4.69, 9.17) is 16.3 Å². The molecule has 0 unspecified atom stereocenters. The summed E-state index contributed by atoms with van der Waals surface area (Å²) in [7, 11) is 1.54. The lowest BCUT2D eigenvalue weighted by Gasteiger charge is -2.09. The molecule has 2 aromatic carbocycles. The van der Waals surface area contributed by atoms with Crippen molar-refractivity contribution in [2.45, 2.75) is 6.92 Å². The molecule has 0 saturated carbocycles. The van der Waals surface area contributed by atoms with Crippen LogP contribution < -0.4 is 10.1 Å². The van der Waals surface area contributed by atoms with Gasteiger partial charge in [-0.05, 0) is 58.7 Å². The molecular weight excluding hydrogens is 342 g/mol. The van der Waals surface area contributed by atoms with Gasteiger partial charge in [0, 0.05) is 10.2 Å². The first-order valence-electron chi connectivity index (χ1n) is 5.92. The minimum Gasteiger partial charge on any atom is -0.495 e. The maximum Gasteiger partial charge on any atom is 0.256 e. The topological polar surface area (TPSA) is 38.3 Å². The molecule has 0 atom stereocenters. The number of benzene rings is 2. The van der Waals surface area contributed by atoms with Crippen LogP contribution in [0.1, 0.15) is 15.9 Å². The van der Waals surface area contributed by atoms with E-state index in [1.54, 1.807) is 31.4 Å². The number of ether oxygens (including phenoxy) is 1. The van der Waals surface area contributed by atoms with E-state index in [0.717, 1.165) is 10.0 Å². The molecule has 0 aliphatic heterocycles. The smallest absolute Gasteiger partial charge is 0.256 e. The summed E-state index contributed by atoms with van der Waals surface area (Å²) in [4.78, 5) is 12.2. The molecule has 0 spiro atoms. The predicted molar refractivity (Wildman–Crippen MR) is 84.8 cm³/mol. The Kier molecular flexibility index (Phi) is 4.68. The van der Waals surface area contributed by atoms with Gasteiger partial charge in [-0.1, -0.05) is 17.7 Å². The van der Waals surface area contributed by atoms with Gasteiger partial charge in [-0.2, -0.15) is 0 Å². The van der Waals surface area contributed by atoms with E-state index in [2.05, 4.69) is 21.2 Å². The maximum absolute atomic E-state index is 12.2. The Hall–Kier alpha value is -1.52. The third-order valence-corrected chi connectivity index (χ3v) is 3.73. The molecule has 1 N–H and O–H groups in total. The molecule has 0 aliphatic rings. The van der Waals surface area contributed by atoms with Crippen LogP contribution in [0.3, 0.4) is 0 Å². The van der Waals surface area contributed by atoms with Gasteiger partial charge in [-0.3, -0.25) is 4.79 Å². The van der Waals surface area contributed by atoms with Gasteiger partial charge in [-0.15, -0.1) is 0 Å².